The van der Waals surface area contributed by atoms with Gasteiger partial charge in [0.25, 0.3) is 5.91 Å². The predicted molar refractivity (Wildman–Crippen MR) is 81.5 cm³/mol. The number of hydrogen-bond acceptors (Lipinski definition) is 1. The van der Waals surface area contributed by atoms with Crippen LogP contribution in [0.1, 0.15) is 21.5 Å². The number of hydrogen-bond donors (Lipinski definition) is 1. The van der Waals surface area contributed by atoms with Gasteiger partial charge in [-0.15, -0.1) is 0 Å². The van der Waals surface area contributed by atoms with Crippen molar-refractivity contribution in [3.05, 3.63) is 68.7 Å². The first-order valence-corrected chi connectivity index (χ1v) is 7.02. The number of halogens is 2. The zero-order valence-corrected chi connectivity index (χ0v) is 12.8. The number of aryl methyl sites for hydroxylation is 1. The minimum Gasteiger partial charge on any atom is -0.348 e. The maximum Gasteiger partial charge on any atom is 0.251 e. The van der Waals surface area contributed by atoms with Gasteiger partial charge in [-0.2, -0.15) is 0 Å². The van der Waals surface area contributed by atoms with E-state index < -0.39 is 0 Å². The molecule has 0 spiro atoms. The quantitative estimate of drug-likeness (QED) is 0.886. The molecule has 19 heavy (non-hydrogen) atoms. The van der Waals surface area contributed by atoms with E-state index in [1.54, 1.807) is 18.2 Å². The summed E-state index contributed by atoms with van der Waals surface area (Å²) < 4.78 is 1.02. The van der Waals surface area contributed by atoms with Crippen molar-refractivity contribution in [3.8, 4) is 0 Å². The molecule has 0 aliphatic carbocycles. The van der Waals surface area contributed by atoms with Gasteiger partial charge < -0.3 is 5.32 Å². The molecule has 0 aliphatic rings. The molecular formula is C15H13BrClNO. The van der Waals surface area contributed by atoms with Crippen LogP contribution in [0, 0.1) is 6.92 Å². The van der Waals surface area contributed by atoms with Crippen LogP contribution in [-0.2, 0) is 6.54 Å². The van der Waals surface area contributed by atoms with Crippen LogP contribution in [0.2, 0.25) is 5.02 Å². The van der Waals surface area contributed by atoms with E-state index in [4.69, 9.17) is 11.6 Å². The van der Waals surface area contributed by atoms with Crippen LogP contribution in [-0.4, -0.2) is 5.91 Å². The molecular weight excluding hydrogens is 326 g/mol. The molecule has 2 aromatic rings. The minimum atomic E-state index is -0.0860. The number of amides is 1. The van der Waals surface area contributed by atoms with E-state index in [0.29, 0.717) is 17.1 Å². The van der Waals surface area contributed by atoms with Crippen LogP contribution < -0.4 is 5.32 Å². The third kappa shape index (κ3) is 3.82. The molecule has 98 valence electrons. The van der Waals surface area contributed by atoms with Gasteiger partial charge in [-0.3, -0.25) is 4.79 Å². The lowest BCUT2D eigenvalue weighted by Crippen LogP contribution is -2.23. The number of rotatable bonds is 3. The van der Waals surface area contributed by atoms with Crippen molar-refractivity contribution in [3.63, 3.8) is 0 Å². The van der Waals surface area contributed by atoms with Crippen molar-refractivity contribution < 1.29 is 4.79 Å². The van der Waals surface area contributed by atoms with Crippen LogP contribution in [0.4, 0.5) is 0 Å². The van der Waals surface area contributed by atoms with Gasteiger partial charge in [-0.25, -0.2) is 0 Å². The third-order valence-corrected chi connectivity index (χ3v) is 3.56. The van der Waals surface area contributed by atoms with Crippen molar-refractivity contribution >= 4 is 33.4 Å². The van der Waals surface area contributed by atoms with E-state index in [9.17, 15) is 4.79 Å². The third-order valence-electron chi connectivity index (χ3n) is 2.80. The van der Waals surface area contributed by atoms with Crippen molar-refractivity contribution in [2.45, 2.75) is 13.5 Å². The van der Waals surface area contributed by atoms with Gasteiger partial charge in [0.05, 0.1) is 0 Å². The molecule has 4 heteroatoms. The zero-order chi connectivity index (χ0) is 13.8. The summed E-state index contributed by atoms with van der Waals surface area (Å²) in [7, 11) is 0. The van der Waals surface area contributed by atoms with Gasteiger partial charge in [-0.05, 0) is 48.4 Å². The summed E-state index contributed by atoms with van der Waals surface area (Å²) in [5, 5.41) is 3.54. The number of carbonyl (C=O) groups is 1. The van der Waals surface area contributed by atoms with E-state index in [-0.39, 0.29) is 5.91 Å². The number of nitrogens with one attached hydrogen (secondary N) is 1. The van der Waals surface area contributed by atoms with Crippen molar-refractivity contribution in [2.24, 2.45) is 0 Å². The molecule has 0 bridgehead atoms. The lowest BCUT2D eigenvalue weighted by molar-refractivity contribution is 0.0950. The average molecular weight is 339 g/mol. The average Bonchev–Trinajstić information content (AvgIpc) is 2.37. The van der Waals surface area contributed by atoms with E-state index >= 15 is 0 Å². The molecule has 0 aliphatic heterocycles. The van der Waals surface area contributed by atoms with Crippen LogP contribution in [0.3, 0.4) is 0 Å². The monoisotopic (exact) mass is 337 g/mol. The Kier molecular flexibility index (Phi) is 4.61. The Labute approximate surface area is 125 Å². The minimum absolute atomic E-state index is 0.0860. The summed E-state index contributed by atoms with van der Waals surface area (Å²) in [6.45, 7) is 2.38. The van der Waals surface area contributed by atoms with Crippen molar-refractivity contribution in [1.29, 1.82) is 0 Å². The van der Waals surface area contributed by atoms with Crippen molar-refractivity contribution in [1.82, 2.24) is 5.32 Å². The smallest absolute Gasteiger partial charge is 0.251 e. The first-order chi connectivity index (χ1) is 9.06. The molecule has 0 radical (unpaired) electrons. The Morgan fingerprint density at radius 2 is 1.89 bits per heavy atom. The lowest BCUT2D eigenvalue weighted by atomic mass is 10.1. The fourth-order valence-corrected chi connectivity index (χ4v) is 2.25. The summed E-state index contributed by atoms with van der Waals surface area (Å²) in [4.78, 5) is 12.1. The molecule has 0 aromatic heterocycles. The van der Waals surface area contributed by atoms with Gasteiger partial charge >= 0.3 is 0 Å². The van der Waals surface area contributed by atoms with Gasteiger partial charge in [0.15, 0.2) is 0 Å². The Morgan fingerprint density at radius 1 is 1.21 bits per heavy atom. The second kappa shape index (κ2) is 6.22. The first-order valence-electron chi connectivity index (χ1n) is 5.85. The lowest BCUT2D eigenvalue weighted by Gasteiger charge is -2.08. The van der Waals surface area contributed by atoms with Gasteiger partial charge in [0.2, 0.25) is 0 Å². The van der Waals surface area contributed by atoms with Crippen molar-refractivity contribution in [2.75, 3.05) is 0 Å². The van der Waals surface area contributed by atoms with Gasteiger partial charge in [-0.1, -0.05) is 39.7 Å². The Balaban J connectivity index is 2.03. The molecule has 1 amide bonds. The van der Waals surface area contributed by atoms with E-state index in [1.165, 1.54) is 0 Å². The molecule has 0 heterocycles. The zero-order valence-electron chi connectivity index (χ0n) is 10.4. The molecule has 0 unspecified atom stereocenters. The van der Waals surface area contributed by atoms with E-state index in [1.807, 2.05) is 31.2 Å². The second-order valence-corrected chi connectivity index (χ2v) is 5.62. The Bertz CT molecular complexity index is 596. The van der Waals surface area contributed by atoms with Crippen LogP contribution in [0.15, 0.2) is 46.9 Å². The molecule has 0 saturated heterocycles. The summed E-state index contributed by atoms with van der Waals surface area (Å²) in [6.07, 6.45) is 0. The van der Waals surface area contributed by atoms with Crippen LogP contribution in [0.5, 0.6) is 0 Å². The highest BCUT2D eigenvalue weighted by Gasteiger charge is 2.08. The highest BCUT2D eigenvalue weighted by atomic mass is 79.9. The standard InChI is InChI=1S/C15H13BrClNO/c1-10-8-13(17)6-7-14(10)15(19)18-9-11-2-4-12(16)5-3-11/h2-8H,9H2,1H3,(H,18,19). The normalized spacial score (nSPS) is 10.3. The summed E-state index contributed by atoms with van der Waals surface area (Å²) in [5.74, 6) is -0.0860. The number of benzene rings is 2. The van der Waals surface area contributed by atoms with Crippen LogP contribution >= 0.6 is 27.5 Å². The first kappa shape index (κ1) is 14.1. The maximum absolute atomic E-state index is 12.1. The van der Waals surface area contributed by atoms with E-state index in [0.717, 1.165) is 15.6 Å². The summed E-state index contributed by atoms with van der Waals surface area (Å²) >= 11 is 9.25. The molecule has 0 fully saturated rings. The molecule has 2 nitrogen and oxygen atoms in total. The predicted octanol–water partition coefficient (Wildman–Crippen LogP) is 4.34. The largest absolute Gasteiger partial charge is 0.348 e. The molecule has 0 atom stereocenters. The second-order valence-electron chi connectivity index (χ2n) is 4.27. The summed E-state index contributed by atoms with van der Waals surface area (Å²) in [6, 6.07) is 13.1. The molecule has 2 aromatic carbocycles. The van der Waals surface area contributed by atoms with Gasteiger partial charge in [0, 0.05) is 21.6 Å². The highest BCUT2D eigenvalue weighted by Crippen LogP contribution is 2.15. The fraction of sp³-hybridized carbons (Fsp3) is 0.133. The summed E-state index contributed by atoms with van der Waals surface area (Å²) in [5.41, 5.74) is 2.59. The van der Waals surface area contributed by atoms with Crippen LogP contribution in [0.25, 0.3) is 0 Å². The maximum atomic E-state index is 12.1. The SMILES string of the molecule is Cc1cc(Cl)ccc1C(=O)NCc1ccc(Br)cc1. The number of carbonyl (C=O) groups excluding carboxylic acids is 1. The molecule has 0 saturated carbocycles. The molecule has 2 rings (SSSR count). The topological polar surface area (TPSA) is 29.1 Å². The Hall–Kier alpha value is -1.32. The van der Waals surface area contributed by atoms with Gasteiger partial charge in [0.1, 0.15) is 0 Å². The Morgan fingerprint density at radius 3 is 2.53 bits per heavy atom. The highest BCUT2D eigenvalue weighted by molar-refractivity contribution is 9.10. The molecule has 1 N–H and O–H groups in total. The fourth-order valence-electron chi connectivity index (χ4n) is 1.76. The van der Waals surface area contributed by atoms with E-state index in [2.05, 4.69) is 21.2 Å².